The molecule has 1 aliphatic carbocycles. The molecule has 1 saturated carbocycles. The molecule has 0 atom stereocenters. The zero-order valence-corrected chi connectivity index (χ0v) is 11.9. The fraction of sp³-hybridized carbons (Fsp3) is 1.00. The predicted molar refractivity (Wildman–Crippen MR) is 66.7 cm³/mol. The highest BCUT2D eigenvalue weighted by molar-refractivity contribution is 9.25. The quantitative estimate of drug-likeness (QED) is 0.588. The lowest BCUT2D eigenvalue weighted by Crippen LogP contribution is -2.08. The second-order valence-corrected chi connectivity index (χ2v) is 8.14. The summed E-state index contributed by atoms with van der Waals surface area (Å²) in [6.45, 7) is 4.56. The Morgan fingerprint density at radius 3 is 1.62 bits per heavy atom. The van der Waals surface area contributed by atoms with Gasteiger partial charge in [0.2, 0.25) is 0 Å². The summed E-state index contributed by atoms with van der Waals surface area (Å²) in [4.78, 5) is 0. The van der Waals surface area contributed by atoms with Gasteiger partial charge in [0, 0.05) is 0 Å². The minimum Gasteiger partial charge on any atom is -0.0721 e. The van der Waals surface area contributed by atoms with Gasteiger partial charge in [0.25, 0.3) is 0 Å². The smallest absolute Gasteiger partial charge is 0.0721 e. The van der Waals surface area contributed by atoms with Crippen LogP contribution in [0, 0.1) is 5.41 Å². The van der Waals surface area contributed by atoms with Gasteiger partial charge in [0.05, 0.1) is 3.23 Å². The van der Waals surface area contributed by atoms with Crippen LogP contribution in [0.2, 0.25) is 0 Å². The molecule has 0 N–H and O–H groups in total. The van der Waals surface area contributed by atoms with Gasteiger partial charge in [-0.2, -0.15) is 0 Å². The Labute approximate surface area is 99.1 Å². The van der Waals surface area contributed by atoms with Crippen LogP contribution in [0.1, 0.15) is 58.8 Å². The summed E-state index contributed by atoms with van der Waals surface area (Å²) in [5, 5.41) is 0. The van der Waals surface area contributed by atoms with Crippen molar-refractivity contribution in [2.75, 3.05) is 0 Å². The maximum Gasteiger partial charge on any atom is 0.0868 e. The van der Waals surface area contributed by atoms with Crippen LogP contribution in [0.15, 0.2) is 0 Å². The second kappa shape index (κ2) is 4.65. The van der Waals surface area contributed by atoms with E-state index in [0.717, 1.165) is 0 Å². The van der Waals surface area contributed by atoms with E-state index in [1.54, 1.807) is 0 Å². The van der Waals surface area contributed by atoms with Gasteiger partial charge in [-0.1, -0.05) is 71.4 Å². The van der Waals surface area contributed by atoms with Gasteiger partial charge in [0.15, 0.2) is 0 Å². The zero-order valence-electron chi connectivity index (χ0n) is 8.71. The van der Waals surface area contributed by atoms with Crippen LogP contribution < -0.4 is 0 Å². The van der Waals surface area contributed by atoms with E-state index in [0.29, 0.717) is 5.41 Å². The Morgan fingerprint density at radius 2 is 1.38 bits per heavy atom. The first-order valence-corrected chi connectivity index (χ1v) is 7.04. The monoisotopic (exact) mass is 310 g/mol. The van der Waals surface area contributed by atoms with Crippen molar-refractivity contribution in [3.8, 4) is 0 Å². The molecule has 0 nitrogen and oxygen atoms in total. The Bertz CT molecular complexity index is 155. The third kappa shape index (κ3) is 2.71. The van der Waals surface area contributed by atoms with Crippen molar-refractivity contribution in [1.29, 1.82) is 0 Å². The summed E-state index contributed by atoms with van der Waals surface area (Å²) in [5.41, 5.74) is 0.582. The molecule has 0 aromatic carbocycles. The van der Waals surface area contributed by atoms with Crippen molar-refractivity contribution in [2.24, 2.45) is 5.41 Å². The van der Waals surface area contributed by atoms with E-state index in [4.69, 9.17) is 0 Å². The molecular formula is C11H20Br2. The van der Waals surface area contributed by atoms with E-state index < -0.39 is 0 Å². The van der Waals surface area contributed by atoms with Crippen molar-refractivity contribution in [3.05, 3.63) is 0 Å². The van der Waals surface area contributed by atoms with Gasteiger partial charge >= 0.3 is 0 Å². The molecule has 0 unspecified atom stereocenters. The van der Waals surface area contributed by atoms with Gasteiger partial charge in [-0.15, -0.1) is 0 Å². The highest BCUT2D eigenvalue weighted by Crippen LogP contribution is 2.71. The maximum atomic E-state index is 3.79. The van der Waals surface area contributed by atoms with Gasteiger partial charge in [-0.05, 0) is 24.7 Å². The van der Waals surface area contributed by atoms with Crippen molar-refractivity contribution >= 4 is 31.9 Å². The molecule has 1 aliphatic rings. The van der Waals surface area contributed by atoms with Gasteiger partial charge in [-0.25, -0.2) is 0 Å². The summed E-state index contributed by atoms with van der Waals surface area (Å²) in [7, 11) is 0. The normalized spacial score (nSPS) is 23.1. The highest BCUT2D eigenvalue weighted by Gasteiger charge is 2.63. The summed E-state index contributed by atoms with van der Waals surface area (Å²) < 4.78 is 0.289. The lowest BCUT2D eigenvalue weighted by molar-refractivity contribution is 0.398. The highest BCUT2D eigenvalue weighted by atomic mass is 79.9. The predicted octanol–water partition coefficient (Wildman–Crippen LogP) is 5.24. The van der Waals surface area contributed by atoms with E-state index in [1.165, 1.54) is 44.9 Å². The number of unbranched alkanes of at least 4 members (excludes halogenated alkanes) is 2. The SMILES string of the molecule is CCCCC1(CCCC)CC1(Br)Br. The first kappa shape index (κ1) is 12.0. The van der Waals surface area contributed by atoms with E-state index in [2.05, 4.69) is 45.7 Å². The third-order valence-electron chi connectivity index (χ3n) is 3.23. The Morgan fingerprint density at radius 1 is 1.00 bits per heavy atom. The first-order chi connectivity index (χ1) is 6.08. The Kier molecular flexibility index (Phi) is 4.31. The number of hydrogen-bond donors (Lipinski definition) is 0. The van der Waals surface area contributed by atoms with Crippen LogP contribution >= 0.6 is 31.9 Å². The summed E-state index contributed by atoms with van der Waals surface area (Å²) in [5.74, 6) is 0. The van der Waals surface area contributed by atoms with Crippen LogP contribution in [0.4, 0.5) is 0 Å². The molecule has 0 aliphatic heterocycles. The van der Waals surface area contributed by atoms with Crippen LogP contribution in [-0.2, 0) is 0 Å². The molecule has 0 bridgehead atoms. The summed E-state index contributed by atoms with van der Waals surface area (Å²) in [6, 6.07) is 0. The number of rotatable bonds is 6. The van der Waals surface area contributed by atoms with E-state index in [9.17, 15) is 0 Å². The molecule has 0 saturated heterocycles. The molecule has 13 heavy (non-hydrogen) atoms. The fourth-order valence-corrected chi connectivity index (χ4v) is 3.95. The standard InChI is InChI=1S/C11H20Br2/c1-3-5-7-10(8-6-4-2)9-11(10,12)13/h3-9H2,1-2H3. The van der Waals surface area contributed by atoms with Crippen molar-refractivity contribution in [3.63, 3.8) is 0 Å². The summed E-state index contributed by atoms with van der Waals surface area (Å²) in [6.07, 6.45) is 9.50. The van der Waals surface area contributed by atoms with Crippen molar-refractivity contribution in [2.45, 2.75) is 62.0 Å². The zero-order chi connectivity index (χ0) is 9.95. The van der Waals surface area contributed by atoms with Crippen LogP contribution in [0.5, 0.6) is 0 Å². The van der Waals surface area contributed by atoms with Crippen LogP contribution in [0.25, 0.3) is 0 Å². The Hall–Kier alpha value is 0.960. The minimum absolute atomic E-state index is 0.289. The van der Waals surface area contributed by atoms with E-state index in [1.807, 2.05) is 0 Å². The molecule has 0 aromatic rings. The van der Waals surface area contributed by atoms with E-state index in [-0.39, 0.29) is 3.23 Å². The third-order valence-corrected chi connectivity index (χ3v) is 5.47. The number of alkyl halides is 2. The number of halogens is 2. The average molecular weight is 312 g/mol. The minimum atomic E-state index is 0.289. The average Bonchev–Trinajstić information content (AvgIpc) is 2.62. The maximum absolute atomic E-state index is 3.79. The molecule has 0 amide bonds. The lowest BCUT2D eigenvalue weighted by Gasteiger charge is -2.17. The molecule has 0 heterocycles. The molecule has 1 fully saturated rings. The second-order valence-electron chi connectivity index (χ2n) is 4.37. The number of hydrogen-bond acceptors (Lipinski definition) is 0. The van der Waals surface area contributed by atoms with Crippen molar-refractivity contribution < 1.29 is 0 Å². The van der Waals surface area contributed by atoms with Gasteiger partial charge in [0.1, 0.15) is 0 Å². The fourth-order valence-electron chi connectivity index (χ4n) is 2.08. The molecule has 2 heteroatoms. The molecule has 1 rings (SSSR count). The molecule has 0 radical (unpaired) electrons. The molecule has 0 aromatic heterocycles. The largest absolute Gasteiger partial charge is 0.0868 e. The van der Waals surface area contributed by atoms with Gasteiger partial charge in [-0.3, -0.25) is 0 Å². The summed E-state index contributed by atoms with van der Waals surface area (Å²) >= 11 is 7.57. The molecule has 78 valence electrons. The topological polar surface area (TPSA) is 0 Å². The Balaban J connectivity index is 2.38. The molecular weight excluding hydrogens is 292 g/mol. The van der Waals surface area contributed by atoms with Crippen LogP contribution in [-0.4, -0.2) is 3.23 Å². The van der Waals surface area contributed by atoms with Crippen molar-refractivity contribution in [1.82, 2.24) is 0 Å². The van der Waals surface area contributed by atoms with Gasteiger partial charge < -0.3 is 0 Å². The van der Waals surface area contributed by atoms with Crippen LogP contribution in [0.3, 0.4) is 0 Å². The molecule has 0 spiro atoms. The van der Waals surface area contributed by atoms with E-state index >= 15 is 0 Å². The lowest BCUT2D eigenvalue weighted by atomic mass is 9.93. The first-order valence-electron chi connectivity index (χ1n) is 5.46.